The molecule has 0 spiro atoms. The van der Waals surface area contributed by atoms with Crippen molar-refractivity contribution in [3.05, 3.63) is 0 Å². The number of thioether (sulfide) groups is 1. The van der Waals surface area contributed by atoms with Gasteiger partial charge in [-0.1, -0.05) is 41.9 Å². The maximum Gasteiger partial charge on any atom is 0.196 e. The van der Waals surface area contributed by atoms with Crippen molar-refractivity contribution >= 4 is 49.8 Å². The van der Waals surface area contributed by atoms with Gasteiger partial charge in [-0.25, -0.2) is 8.42 Å². The molecule has 1 atom stereocenters. The smallest absolute Gasteiger partial charge is 0.196 e. The van der Waals surface area contributed by atoms with Crippen molar-refractivity contribution in [2.45, 2.75) is 22.9 Å². The van der Waals surface area contributed by atoms with Crippen LogP contribution in [0.1, 0.15) is 13.3 Å². The average Bonchev–Trinajstić information content (AvgIpc) is 2.51. The molecule has 0 saturated carbocycles. The molecule has 0 aliphatic carbocycles. The number of nitrogens with one attached hydrogen (secondary N) is 1. The Balaban J connectivity index is 2.62. The van der Waals surface area contributed by atoms with Gasteiger partial charge in [0.1, 0.15) is 5.04 Å². The molecule has 0 amide bonds. The molecular weight excluding hydrogens is 267 g/mol. The Morgan fingerprint density at radius 2 is 2.29 bits per heavy atom. The standard InChI is InChI=1S/C6H10Cl2N2O2S2/c1-2-3-14(11,12)6-10-9-5(13-6)4(7)8/h4,6,10H,2-3H2,1H3. The third-order valence-electron chi connectivity index (χ3n) is 1.51. The van der Waals surface area contributed by atoms with Gasteiger partial charge in [0.15, 0.2) is 19.4 Å². The molecular formula is C6H10Cl2N2O2S2. The van der Waals surface area contributed by atoms with E-state index >= 15 is 0 Å². The topological polar surface area (TPSA) is 58.5 Å². The SMILES string of the molecule is CCCS(=O)(=O)C1NN=C(C(Cl)Cl)S1. The number of rotatable bonds is 4. The van der Waals surface area contributed by atoms with E-state index in [1.54, 1.807) is 0 Å². The molecule has 0 fully saturated rings. The molecule has 8 heteroatoms. The highest BCUT2D eigenvalue weighted by Gasteiger charge is 2.32. The lowest BCUT2D eigenvalue weighted by Gasteiger charge is -2.09. The second kappa shape index (κ2) is 4.92. The highest BCUT2D eigenvalue weighted by molar-refractivity contribution is 8.23. The second-order valence-electron chi connectivity index (χ2n) is 2.70. The fourth-order valence-electron chi connectivity index (χ4n) is 0.924. The van der Waals surface area contributed by atoms with E-state index in [-0.39, 0.29) is 5.75 Å². The molecule has 14 heavy (non-hydrogen) atoms. The summed E-state index contributed by atoms with van der Waals surface area (Å²) in [5.74, 6) is 0.135. The number of hydrazone groups is 1. The quantitative estimate of drug-likeness (QED) is 0.792. The van der Waals surface area contributed by atoms with Crippen molar-refractivity contribution in [2.24, 2.45) is 5.10 Å². The zero-order valence-electron chi connectivity index (χ0n) is 7.41. The van der Waals surface area contributed by atoms with Gasteiger partial charge in [-0.05, 0) is 6.42 Å². The Kier molecular flexibility index (Phi) is 4.36. The molecule has 0 saturated heterocycles. The van der Waals surface area contributed by atoms with Crippen molar-refractivity contribution in [1.82, 2.24) is 5.43 Å². The van der Waals surface area contributed by atoms with Crippen LogP contribution in [0.25, 0.3) is 0 Å². The lowest BCUT2D eigenvalue weighted by atomic mass is 10.6. The Labute approximate surface area is 97.3 Å². The molecule has 0 radical (unpaired) electrons. The third kappa shape index (κ3) is 2.92. The van der Waals surface area contributed by atoms with Gasteiger partial charge in [-0.3, -0.25) is 5.43 Å². The molecule has 1 aliphatic rings. The molecule has 4 nitrogen and oxygen atoms in total. The van der Waals surface area contributed by atoms with E-state index in [9.17, 15) is 8.42 Å². The van der Waals surface area contributed by atoms with Crippen LogP contribution >= 0.6 is 35.0 Å². The molecule has 0 aromatic carbocycles. The molecule has 0 bridgehead atoms. The zero-order valence-corrected chi connectivity index (χ0v) is 10.5. The maximum absolute atomic E-state index is 11.6. The van der Waals surface area contributed by atoms with Crippen molar-refractivity contribution in [2.75, 3.05) is 5.75 Å². The first-order chi connectivity index (χ1) is 6.47. The van der Waals surface area contributed by atoms with Crippen molar-refractivity contribution in [1.29, 1.82) is 0 Å². The van der Waals surface area contributed by atoms with Gasteiger partial charge in [-0.2, -0.15) is 5.10 Å². The highest BCUT2D eigenvalue weighted by Crippen LogP contribution is 2.27. The lowest BCUT2D eigenvalue weighted by molar-refractivity contribution is 0.584. The predicted octanol–water partition coefficient (Wildman–Crippen LogP) is 1.55. The first kappa shape index (κ1) is 12.4. The fourth-order valence-corrected chi connectivity index (χ4v) is 4.03. The van der Waals surface area contributed by atoms with Crippen LogP contribution in [-0.2, 0) is 9.84 Å². The maximum atomic E-state index is 11.6. The van der Waals surface area contributed by atoms with Crippen LogP contribution in [0.3, 0.4) is 0 Å². The van der Waals surface area contributed by atoms with Crippen molar-refractivity contribution in [3.8, 4) is 0 Å². The van der Waals surface area contributed by atoms with Gasteiger partial charge in [0.25, 0.3) is 0 Å². The van der Waals surface area contributed by atoms with Gasteiger partial charge in [0.2, 0.25) is 0 Å². The van der Waals surface area contributed by atoms with Crippen molar-refractivity contribution in [3.63, 3.8) is 0 Å². The molecule has 1 N–H and O–H groups in total. The minimum absolute atomic E-state index is 0.135. The number of hydrogen-bond acceptors (Lipinski definition) is 5. The first-order valence-electron chi connectivity index (χ1n) is 3.97. The van der Waals surface area contributed by atoms with Crippen molar-refractivity contribution < 1.29 is 8.42 Å². The third-order valence-corrected chi connectivity index (χ3v) is 5.97. The summed E-state index contributed by atoms with van der Waals surface area (Å²) in [5.41, 5.74) is 2.51. The van der Waals surface area contributed by atoms with E-state index < -0.39 is 19.4 Å². The van der Waals surface area contributed by atoms with E-state index in [0.29, 0.717) is 11.5 Å². The molecule has 1 unspecified atom stereocenters. The summed E-state index contributed by atoms with van der Waals surface area (Å²) in [6, 6.07) is 0. The molecule has 1 rings (SSSR count). The predicted molar refractivity (Wildman–Crippen MR) is 61.5 cm³/mol. The van der Waals surface area contributed by atoms with Crippen LogP contribution in [0, 0.1) is 0 Å². The minimum atomic E-state index is -3.16. The number of nitrogens with zero attached hydrogens (tertiary/aromatic N) is 1. The van der Waals surface area contributed by atoms with Gasteiger partial charge in [-0.15, -0.1) is 0 Å². The van der Waals surface area contributed by atoms with Gasteiger partial charge >= 0.3 is 0 Å². The zero-order chi connectivity index (χ0) is 10.8. The monoisotopic (exact) mass is 276 g/mol. The summed E-state index contributed by atoms with van der Waals surface area (Å²) in [6.45, 7) is 1.81. The molecule has 0 aromatic rings. The normalized spacial score (nSPS) is 22.3. The second-order valence-corrected chi connectivity index (χ2v) is 7.42. The van der Waals surface area contributed by atoms with Gasteiger partial charge < -0.3 is 0 Å². The van der Waals surface area contributed by atoms with E-state index in [1.807, 2.05) is 6.92 Å². The molecule has 82 valence electrons. The summed E-state index contributed by atoms with van der Waals surface area (Å²) in [5, 5.41) is 4.15. The average molecular weight is 277 g/mol. The Bertz CT molecular complexity index is 329. The molecule has 0 aromatic heterocycles. The summed E-state index contributed by atoms with van der Waals surface area (Å²) < 4.78 is 22.4. The number of alkyl halides is 2. The first-order valence-corrected chi connectivity index (χ1v) is 7.43. The van der Waals surface area contributed by atoms with Crippen LogP contribution in [0.2, 0.25) is 0 Å². The highest BCUT2D eigenvalue weighted by atomic mass is 35.5. The number of sulfone groups is 1. The minimum Gasteiger partial charge on any atom is -0.281 e. The van der Waals surface area contributed by atoms with Crippen LogP contribution in [0.5, 0.6) is 0 Å². The van der Waals surface area contributed by atoms with E-state index in [0.717, 1.165) is 11.8 Å². The largest absolute Gasteiger partial charge is 0.281 e. The van der Waals surface area contributed by atoms with Crippen LogP contribution in [0.4, 0.5) is 0 Å². The van der Waals surface area contributed by atoms with Gasteiger partial charge in [0, 0.05) is 0 Å². The summed E-state index contributed by atoms with van der Waals surface area (Å²) in [4.78, 5) is -0.769. The number of halogens is 2. The Hall–Kier alpha value is 0.350. The van der Waals surface area contributed by atoms with Crippen LogP contribution in [0.15, 0.2) is 5.10 Å². The molecule has 1 heterocycles. The Morgan fingerprint density at radius 1 is 1.64 bits per heavy atom. The lowest BCUT2D eigenvalue weighted by Crippen LogP contribution is -2.29. The Morgan fingerprint density at radius 3 is 2.71 bits per heavy atom. The van der Waals surface area contributed by atoms with Gasteiger partial charge in [0.05, 0.1) is 5.75 Å². The summed E-state index contributed by atoms with van der Waals surface area (Å²) in [6.07, 6.45) is 0.585. The summed E-state index contributed by atoms with van der Waals surface area (Å²) in [7, 11) is -3.16. The van der Waals surface area contributed by atoms with E-state index in [4.69, 9.17) is 23.2 Å². The van der Waals surface area contributed by atoms with Crippen LogP contribution < -0.4 is 5.43 Å². The van der Waals surface area contributed by atoms with Crippen LogP contribution in [-0.4, -0.2) is 28.8 Å². The molecule has 1 aliphatic heterocycles. The summed E-state index contributed by atoms with van der Waals surface area (Å²) >= 11 is 12.2. The van der Waals surface area contributed by atoms with E-state index in [2.05, 4.69) is 10.5 Å². The number of hydrogen-bond donors (Lipinski definition) is 1. The fraction of sp³-hybridized carbons (Fsp3) is 0.833. The van der Waals surface area contributed by atoms with E-state index in [1.165, 1.54) is 0 Å².